The minimum absolute atomic E-state index is 0.532. The van der Waals surface area contributed by atoms with E-state index in [2.05, 4.69) is 0 Å². The van der Waals surface area contributed by atoms with Gasteiger partial charge in [-0.1, -0.05) is 12.1 Å². The monoisotopic (exact) mass is 297 g/mol. The van der Waals surface area contributed by atoms with Crippen LogP contribution in [0.2, 0.25) is 0 Å². The number of ether oxygens (including phenoxy) is 4. The van der Waals surface area contributed by atoms with Crippen LogP contribution in [0, 0.1) is 0 Å². The minimum Gasteiger partial charge on any atom is -0.493 e. The Kier molecular flexibility index (Phi) is 10.7. The van der Waals surface area contributed by atoms with Crippen LogP contribution >= 0.6 is 0 Å². The average Bonchev–Trinajstić information content (AvgIpc) is 2.53. The third-order valence-electron chi connectivity index (χ3n) is 2.85. The van der Waals surface area contributed by atoms with Crippen molar-refractivity contribution in [1.29, 1.82) is 0 Å². The van der Waals surface area contributed by atoms with Crippen molar-refractivity contribution in [3.05, 3.63) is 29.8 Å². The molecule has 0 unspecified atom stereocenters. The fraction of sp³-hybridized carbons (Fsp3) is 0.625. The molecule has 0 atom stereocenters. The number of nitrogens with two attached hydrogens (primary N) is 1. The molecule has 0 aliphatic rings. The SMILES string of the molecule is COCCCOCCOCCCOc1cccc(CN)c1. The zero-order valence-corrected chi connectivity index (χ0v) is 12.9. The van der Waals surface area contributed by atoms with Gasteiger partial charge in [-0.25, -0.2) is 0 Å². The first-order valence-corrected chi connectivity index (χ1v) is 7.43. The topological polar surface area (TPSA) is 62.9 Å². The molecule has 0 spiro atoms. The molecule has 21 heavy (non-hydrogen) atoms. The molecule has 0 bridgehead atoms. The lowest BCUT2D eigenvalue weighted by molar-refractivity contribution is 0.0364. The van der Waals surface area contributed by atoms with Crippen LogP contribution in [0.4, 0.5) is 0 Å². The van der Waals surface area contributed by atoms with Gasteiger partial charge < -0.3 is 24.7 Å². The van der Waals surface area contributed by atoms with Gasteiger partial charge in [-0.05, 0) is 24.1 Å². The van der Waals surface area contributed by atoms with E-state index in [1.807, 2.05) is 24.3 Å². The molecule has 0 aliphatic carbocycles. The van der Waals surface area contributed by atoms with Gasteiger partial charge in [0, 0.05) is 39.9 Å². The summed E-state index contributed by atoms with van der Waals surface area (Å²) < 4.78 is 21.4. The van der Waals surface area contributed by atoms with Gasteiger partial charge in [-0.3, -0.25) is 0 Å². The van der Waals surface area contributed by atoms with Crippen LogP contribution in [0.25, 0.3) is 0 Å². The predicted molar refractivity (Wildman–Crippen MR) is 82.6 cm³/mol. The summed E-state index contributed by atoms with van der Waals surface area (Å²) in [5, 5.41) is 0. The van der Waals surface area contributed by atoms with E-state index in [1.165, 1.54) is 0 Å². The van der Waals surface area contributed by atoms with Crippen molar-refractivity contribution in [2.45, 2.75) is 19.4 Å². The smallest absolute Gasteiger partial charge is 0.119 e. The third-order valence-corrected chi connectivity index (χ3v) is 2.85. The van der Waals surface area contributed by atoms with Crippen LogP contribution in [0.5, 0.6) is 5.75 Å². The molecule has 0 heterocycles. The lowest BCUT2D eigenvalue weighted by Gasteiger charge is -2.08. The minimum atomic E-state index is 0.532. The molecule has 0 amide bonds. The average molecular weight is 297 g/mol. The van der Waals surface area contributed by atoms with Crippen molar-refractivity contribution < 1.29 is 18.9 Å². The van der Waals surface area contributed by atoms with Crippen LogP contribution in [-0.2, 0) is 20.8 Å². The molecule has 0 fully saturated rings. The van der Waals surface area contributed by atoms with Gasteiger partial charge in [0.2, 0.25) is 0 Å². The Morgan fingerprint density at radius 2 is 1.62 bits per heavy atom. The summed E-state index contributed by atoms with van der Waals surface area (Å²) in [6, 6.07) is 7.85. The van der Waals surface area contributed by atoms with Gasteiger partial charge in [-0.2, -0.15) is 0 Å². The fourth-order valence-corrected chi connectivity index (χ4v) is 1.74. The Labute approximate surface area is 127 Å². The molecule has 5 heteroatoms. The molecule has 0 aliphatic heterocycles. The van der Waals surface area contributed by atoms with Gasteiger partial charge in [0.05, 0.1) is 19.8 Å². The molecule has 1 aromatic rings. The summed E-state index contributed by atoms with van der Waals surface area (Å²) in [5.41, 5.74) is 6.66. The molecule has 0 saturated carbocycles. The van der Waals surface area contributed by atoms with Gasteiger partial charge in [0.15, 0.2) is 0 Å². The highest BCUT2D eigenvalue weighted by Crippen LogP contribution is 2.12. The fourth-order valence-electron chi connectivity index (χ4n) is 1.74. The Balaban J connectivity index is 1.90. The Hall–Kier alpha value is -1.14. The van der Waals surface area contributed by atoms with Crippen molar-refractivity contribution in [3.8, 4) is 5.75 Å². The standard InChI is InChI=1S/C16H27NO4/c1-18-7-3-8-19-11-12-20-9-4-10-21-16-6-2-5-15(13-16)14-17/h2,5-6,13H,3-4,7-12,14,17H2,1H3. The normalized spacial score (nSPS) is 10.8. The van der Waals surface area contributed by atoms with E-state index in [0.29, 0.717) is 33.0 Å². The maximum Gasteiger partial charge on any atom is 0.119 e. The maximum atomic E-state index is 5.64. The lowest BCUT2D eigenvalue weighted by atomic mass is 10.2. The zero-order chi connectivity index (χ0) is 15.2. The largest absolute Gasteiger partial charge is 0.493 e. The van der Waals surface area contributed by atoms with E-state index < -0.39 is 0 Å². The lowest BCUT2D eigenvalue weighted by Crippen LogP contribution is -2.09. The number of benzene rings is 1. The molecule has 0 saturated heterocycles. The molecule has 0 aromatic heterocycles. The summed E-state index contributed by atoms with van der Waals surface area (Å²) in [4.78, 5) is 0. The van der Waals surface area contributed by atoms with E-state index in [9.17, 15) is 0 Å². The zero-order valence-electron chi connectivity index (χ0n) is 12.9. The Morgan fingerprint density at radius 1 is 0.905 bits per heavy atom. The van der Waals surface area contributed by atoms with E-state index in [4.69, 9.17) is 24.7 Å². The van der Waals surface area contributed by atoms with Crippen LogP contribution < -0.4 is 10.5 Å². The van der Waals surface area contributed by atoms with E-state index in [1.54, 1.807) is 7.11 Å². The molecule has 0 radical (unpaired) electrons. The summed E-state index contributed by atoms with van der Waals surface area (Å²) >= 11 is 0. The molecule has 2 N–H and O–H groups in total. The highest BCUT2D eigenvalue weighted by Gasteiger charge is 1.96. The summed E-state index contributed by atoms with van der Waals surface area (Å²) in [6.45, 7) is 4.56. The van der Waals surface area contributed by atoms with Crippen molar-refractivity contribution >= 4 is 0 Å². The predicted octanol–water partition coefficient (Wildman–Crippen LogP) is 1.98. The second kappa shape index (κ2) is 12.6. The molecular formula is C16H27NO4. The molecule has 1 rings (SSSR count). The summed E-state index contributed by atoms with van der Waals surface area (Å²) in [6.07, 6.45) is 1.78. The maximum absolute atomic E-state index is 5.64. The molecular weight excluding hydrogens is 270 g/mol. The molecule has 1 aromatic carbocycles. The number of methoxy groups -OCH3 is 1. The van der Waals surface area contributed by atoms with Crippen molar-refractivity contribution in [1.82, 2.24) is 0 Å². The van der Waals surface area contributed by atoms with Gasteiger partial charge >= 0.3 is 0 Å². The van der Waals surface area contributed by atoms with Crippen LogP contribution in [0.15, 0.2) is 24.3 Å². The first-order valence-electron chi connectivity index (χ1n) is 7.43. The van der Waals surface area contributed by atoms with Crippen LogP contribution in [-0.4, -0.2) is 46.8 Å². The highest BCUT2D eigenvalue weighted by atomic mass is 16.5. The molecule has 5 nitrogen and oxygen atoms in total. The van der Waals surface area contributed by atoms with E-state index in [-0.39, 0.29) is 0 Å². The van der Waals surface area contributed by atoms with E-state index >= 15 is 0 Å². The van der Waals surface area contributed by atoms with Crippen molar-refractivity contribution in [3.63, 3.8) is 0 Å². The number of hydrogen-bond acceptors (Lipinski definition) is 5. The first-order chi connectivity index (χ1) is 10.4. The van der Waals surface area contributed by atoms with Gasteiger partial charge in [-0.15, -0.1) is 0 Å². The number of rotatable bonds is 13. The Bertz CT molecular complexity index is 360. The first kappa shape index (κ1) is 17.9. The number of hydrogen-bond donors (Lipinski definition) is 1. The van der Waals surface area contributed by atoms with Crippen molar-refractivity contribution in [2.75, 3.05) is 46.8 Å². The van der Waals surface area contributed by atoms with E-state index in [0.717, 1.165) is 37.4 Å². The van der Waals surface area contributed by atoms with Gasteiger partial charge in [0.1, 0.15) is 5.75 Å². The van der Waals surface area contributed by atoms with Crippen LogP contribution in [0.3, 0.4) is 0 Å². The highest BCUT2D eigenvalue weighted by molar-refractivity contribution is 5.28. The molecule has 120 valence electrons. The van der Waals surface area contributed by atoms with Crippen LogP contribution in [0.1, 0.15) is 18.4 Å². The summed E-state index contributed by atoms with van der Waals surface area (Å²) in [7, 11) is 1.69. The third kappa shape index (κ3) is 9.42. The van der Waals surface area contributed by atoms with Gasteiger partial charge in [0.25, 0.3) is 0 Å². The Morgan fingerprint density at radius 3 is 2.29 bits per heavy atom. The quantitative estimate of drug-likeness (QED) is 0.564. The second-order valence-electron chi connectivity index (χ2n) is 4.62. The van der Waals surface area contributed by atoms with Crippen molar-refractivity contribution in [2.24, 2.45) is 5.73 Å². The second-order valence-corrected chi connectivity index (χ2v) is 4.62. The summed E-state index contributed by atoms with van der Waals surface area (Å²) in [5.74, 6) is 0.861.